The Bertz CT molecular complexity index is 1180. The molecule has 1 amide bonds. The van der Waals surface area contributed by atoms with E-state index >= 15 is 0 Å². The lowest BCUT2D eigenvalue weighted by molar-refractivity contribution is -0.115. The second-order valence-corrected chi connectivity index (χ2v) is 7.98. The summed E-state index contributed by atoms with van der Waals surface area (Å²) in [6.07, 6.45) is 1.72. The largest absolute Gasteiger partial charge is 0.492 e. The standard InChI is InChI=1S/C24H23N5O2S/c1-3-31-20-15-8-7-13-18(20)26-23(30)21(17-11-5-4-6-12-17)32-24-28-27-22(29(24)2)19-14-9-10-16-25-19/h4-16,21H,3H2,1-2H3,(H,26,30). The maximum atomic E-state index is 13.4. The molecular formula is C24H23N5O2S. The third kappa shape index (κ3) is 4.81. The zero-order valence-corrected chi connectivity index (χ0v) is 18.6. The Morgan fingerprint density at radius 3 is 2.53 bits per heavy atom. The summed E-state index contributed by atoms with van der Waals surface area (Å²) in [5.41, 5.74) is 2.22. The van der Waals surface area contributed by atoms with Gasteiger partial charge in [-0.3, -0.25) is 9.78 Å². The van der Waals surface area contributed by atoms with Gasteiger partial charge in [0.25, 0.3) is 0 Å². The number of hydrogen-bond acceptors (Lipinski definition) is 6. The minimum atomic E-state index is -0.537. The molecule has 2 aromatic carbocycles. The van der Waals surface area contributed by atoms with Gasteiger partial charge in [0.2, 0.25) is 5.91 Å². The summed E-state index contributed by atoms with van der Waals surface area (Å²) in [7, 11) is 1.87. The smallest absolute Gasteiger partial charge is 0.242 e. The van der Waals surface area contributed by atoms with Crippen LogP contribution in [0.3, 0.4) is 0 Å². The third-order valence-corrected chi connectivity index (χ3v) is 6.03. The monoisotopic (exact) mass is 445 g/mol. The van der Waals surface area contributed by atoms with Crippen molar-refractivity contribution in [3.8, 4) is 17.3 Å². The van der Waals surface area contributed by atoms with Crippen molar-refractivity contribution >= 4 is 23.4 Å². The van der Waals surface area contributed by atoms with Gasteiger partial charge in [0.05, 0.1) is 12.3 Å². The predicted octanol–water partition coefficient (Wildman–Crippen LogP) is 4.75. The highest BCUT2D eigenvalue weighted by Gasteiger charge is 2.26. The molecule has 162 valence electrons. The maximum absolute atomic E-state index is 13.4. The van der Waals surface area contributed by atoms with Crippen LogP contribution in [0.15, 0.2) is 84.1 Å². The van der Waals surface area contributed by atoms with E-state index in [4.69, 9.17) is 4.74 Å². The number of anilines is 1. The molecule has 1 atom stereocenters. The molecule has 0 spiro atoms. The minimum Gasteiger partial charge on any atom is -0.492 e. The van der Waals surface area contributed by atoms with Gasteiger partial charge in [-0.15, -0.1) is 10.2 Å². The van der Waals surface area contributed by atoms with Crippen LogP contribution >= 0.6 is 11.8 Å². The zero-order valence-electron chi connectivity index (χ0n) is 17.8. The number of benzene rings is 2. The Morgan fingerprint density at radius 2 is 1.78 bits per heavy atom. The van der Waals surface area contributed by atoms with Crippen LogP contribution in [0.5, 0.6) is 5.75 Å². The van der Waals surface area contributed by atoms with Crippen molar-refractivity contribution in [2.75, 3.05) is 11.9 Å². The highest BCUT2D eigenvalue weighted by Crippen LogP contribution is 2.37. The van der Waals surface area contributed by atoms with Gasteiger partial charge in [0.1, 0.15) is 16.7 Å². The summed E-state index contributed by atoms with van der Waals surface area (Å²) in [5.74, 6) is 1.11. The number of carbonyl (C=O) groups is 1. The molecule has 8 heteroatoms. The highest BCUT2D eigenvalue weighted by atomic mass is 32.2. The molecule has 0 bridgehead atoms. The van der Waals surface area contributed by atoms with E-state index in [9.17, 15) is 4.79 Å². The fourth-order valence-electron chi connectivity index (χ4n) is 3.19. The lowest BCUT2D eigenvalue weighted by Crippen LogP contribution is -2.20. The second kappa shape index (κ2) is 10.1. The van der Waals surface area contributed by atoms with E-state index in [1.165, 1.54) is 11.8 Å². The summed E-state index contributed by atoms with van der Waals surface area (Å²) in [6, 6.07) is 22.7. The lowest BCUT2D eigenvalue weighted by Gasteiger charge is -2.18. The summed E-state index contributed by atoms with van der Waals surface area (Å²) in [5, 5.41) is 11.7. The average Bonchev–Trinajstić information content (AvgIpc) is 3.20. The van der Waals surface area contributed by atoms with E-state index in [0.717, 1.165) is 11.3 Å². The first-order valence-electron chi connectivity index (χ1n) is 10.2. The fraction of sp³-hybridized carbons (Fsp3) is 0.167. The Hall–Kier alpha value is -3.65. The van der Waals surface area contributed by atoms with Crippen molar-refractivity contribution in [3.05, 3.63) is 84.6 Å². The van der Waals surface area contributed by atoms with E-state index in [1.807, 2.05) is 91.3 Å². The molecule has 2 aromatic heterocycles. The first-order valence-corrected chi connectivity index (χ1v) is 11.1. The van der Waals surface area contributed by atoms with Crippen LogP contribution < -0.4 is 10.1 Å². The van der Waals surface area contributed by atoms with Gasteiger partial charge in [-0.25, -0.2) is 0 Å². The lowest BCUT2D eigenvalue weighted by atomic mass is 10.1. The number of ether oxygens (including phenoxy) is 1. The molecule has 4 rings (SSSR count). The molecule has 4 aromatic rings. The predicted molar refractivity (Wildman–Crippen MR) is 126 cm³/mol. The van der Waals surface area contributed by atoms with E-state index in [2.05, 4.69) is 20.5 Å². The normalized spacial score (nSPS) is 11.7. The van der Waals surface area contributed by atoms with Crippen LogP contribution in [0.25, 0.3) is 11.5 Å². The number of hydrogen-bond donors (Lipinski definition) is 1. The summed E-state index contributed by atoms with van der Waals surface area (Å²) >= 11 is 1.34. The molecule has 0 saturated carbocycles. The molecule has 0 aliphatic heterocycles. The van der Waals surface area contributed by atoms with Crippen LogP contribution in [0.2, 0.25) is 0 Å². The maximum Gasteiger partial charge on any atom is 0.242 e. The highest BCUT2D eigenvalue weighted by molar-refractivity contribution is 8.00. The Balaban J connectivity index is 1.63. The number of thioether (sulfide) groups is 1. The first kappa shape index (κ1) is 21.6. The molecule has 2 heterocycles. The molecular weight excluding hydrogens is 422 g/mol. The minimum absolute atomic E-state index is 0.171. The second-order valence-electron chi connectivity index (χ2n) is 6.91. The summed E-state index contributed by atoms with van der Waals surface area (Å²) in [6.45, 7) is 2.42. The van der Waals surface area contributed by atoms with Crippen LogP contribution in [0, 0.1) is 0 Å². The molecule has 0 aliphatic carbocycles. The van der Waals surface area contributed by atoms with Gasteiger partial charge in [0.15, 0.2) is 11.0 Å². The van der Waals surface area contributed by atoms with Crippen molar-refractivity contribution in [1.29, 1.82) is 0 Å². The number of aromatic nitrogens is 4. The fourth-order valence-corrected chi connectivity index (χ4v) is 4.19. The van der Waals surface area contributed by atoms with Gasteiger partial charge in [-0.2, -0.15) is 0 Å². The number of pyridine rings is 1. The van der Waals surface area contributed by atoms with E-state index in [-0.39, 0.29) is 5.91 Å². The van der Waals surface area contributed by atoms with E-state index in [0.29, 0.717) is 29.0 Å². The van der Waals surface area contributed by atoms with Gasteiger partial charge < -0.3 is 14.6 Å². The molecule has 0 radical (unpaired) electrons. The SMILES string of the molecule is CCOc1ccccc1NC(=O)C(Sc1nnc(-c2ccccn2)n1C)c1ccccc1. The van der Waals surface area contributed by atoms with Crippen molar-refractivity contribution in [1.82, 2.24) is 19.7 Å². The Labute approximate surface area is 190 Å². The molecule has 0 saturated heterocycles. The first-order chi connectivity index (χ1) is 15.7. The molecule has 0 fully saturated rings. The average molecular weight is 446 g/mol. The number of nitrogens with zero attached hydrogens (tertiary/aromatic N) is 4. The zero-order chi connectivity index (χ0) is 22.3. The molecule has 7 nitrogen and oxygen atoms in total. The number of para-hydroxylation sites is 2. The van der Waals surface area contributed by atoms with Crippen molar-refractivity contribution in [2.24, 2.45) is 7.05 Å². The molecule has 32 heavy (non-hydrogen) atoms. The number of nitrogens with one attached hydrogen (secondary N) is 1. The molecule has 1 N–H and O–H groups in total. The van der Waals surface area contributed by atoms with Crippen molar-refractivity contribution in [2.45, 2.75) is 17.3 Å². The Kier molecular flexibility index (Phi) is 6.81. The molecule has 0 aliphatic rings. The van der Waals surface area contributed by atoms with E-state index < -0.39 is 5.25 Å². The quantitative estimate of drug-likeness (QED) is 0.394. The number of carbonyl (C=O) groups excluding carboxylic acids is 1. The van der Waals surface area contributed by atoms with Crippen LogP contribution in [0.4, 0.5) is 5.69 Å². The topological polar surface area (TPSA) is 81.9 Å². The van der Waals surface area contributed by atoms with Crippen LogP contribution in [0.1, 0.15) is 17.7 Å². The van der Waals surface area contributed by atoms with Crippen LogP contribution in [-0.2, 0) is 11.8 Å². The number of amides is 1. The van der Waals surface area contributed by atoms with Crippen LogP contribution in [-0.4, -0.2) is 32.3 Å². The molecule has 1 unspecified atom stereocenters. The Morgan fingerprint density at radius 1 is 1.03 bits per heavy atom. The number of rotatable bonds is 8. The van der Waals surface area contributed by atoms with Gasteiger partial charge in [-0.05, 0) is 36.8 Å². The van der Waals surface area contributed by atoms with E-state index in [1.54, 1.807) is 6.20 Å². The third-order valence-electron chi connectivity index (χ3n) is 4.74. The summed E-state index contributed by atoms with van der Waals surface area (Å²) < 4.78 is 7.51. The van der Waals surface area contributed by atoms with Gasteiger partial charge >= 0.3 is 0 Å². The van der Waals surface area contributed by atoms with Gasteiger partial charge in [-0.1, -0.05) is 60.3 Å². The van der Waals surface area contributed by atoms with Crippen molar-refractivity contribution < 1.29 is 9.53 Å². The summed E-state index contributed by atoms with van der Waals surface area (Å²) in [4.78, 5) is 17.8. The van der Waals surface area contributed by atoms with Crippen molar-refractivity contribution in [3.63, 3.8) is 0 Å². The van der Waals surface area contributed by atoms with Gasteiger partial charge in [0, 0.05) is 13.2 Å².